The summed E-state index contributed by atoms with van der Waals surface area (Å²) in [4.78, 5) is 4.96. The van der Waals surface area contributed by atoms with Crippen molar-refractivity contribution in [2.24, 2.45) is 12.2 Å². The van der Waals surface area contributed by atoms with Gasteiger partial charge in [-0.3, -0.25) is 0 Å². The number of nitrogens with zero attached hydrogens (tertiary/aromatic N) is 3. The maximum atomic E-state index is 14.0. The summed E-state index contributed by atoms with van der Waals surface area (Å²) in [6.07, 6.45) is -4.94. The van der Waals surface area contributed by atoms with Crippen molar-refractivity contribution in [2.45, 2.75) is 13.1 Å². The van der Waals surface area contributed by atoms with Crippen LogP contribution in [0, 0.1) is 5.82 Å². The molecule has 0 amide bonds. The van der Waals surface area contributed by atoms with E-state index in [1.807, 2.05) is 0 Å². The van der Waals surface area contributed by atoms with Gasteiger partial charge in [0.05, 0.1) is 5.02 Å². The first kappa shape index (κ1) is 20.3. The second-order valence-electron chi connectivity index (χ2n) is 4.96. The zero-order valence-corrected chi connectivity index (χ0v) is 15.1. The Hall–Kier alpha value is -2.00. The normalized spacial score (nSPS) is 12.4. The second kappa shape index (κ2) is 8.13. The third-order valence-corrected chi connectivity index (χ3v) is 3.65. The van der Waals surface area contributed by atoms with Crippen molar-refractivity contribution in [2.75, 3.05) is 13.2 Å². The summed E-state index contributed by atoms with van der Waals surface area (Å²) in [6.45, 7) is 1.50. The van der Waals surface area contributed by atoms with Gasteiger partial charge in [0.2, 0.25) is 17.4 Å². The molecule has 0 aliphatic rings. The molecule has 0 spiro atoms. The third-order valence-electron chi connectivity index (χ3n) is 3.10. The van der Waals surface area contributed by atoms with Crippen molar-refractivity contribution in [1.82, 2.24) is 9.78 Å². The molecule has 0 radical (unpaired) electrons. The van der Waals surface area contributed by atoms with Gasteiger partial charge in [-0.2, -0.15) is 22.7 Å². The molecule has 0 bridgehead atoms. The fraction of sp³-hybridized carbons (Fsp3) is 0.333. The van der Waals surface area contributed by atoms with Gasteiger partial charge in [-0.15, -0.1) is 0 Å². The zero-order chi connectivity index (χ0) is 19.5. The highest BCUT2D eigenvalue weighted by Gasteiger charge is 2.40. The summed E-state index contributed by atoms with van der Waals surface area (Å²) in [5.74, 6) is -2.30. The van der Waals surface area contributed by atoms with Crippen molar-refractivity contribution in [1.29, 1.82) is 0 Å². The van der Waals surface area contributed by atoms with Crippen LogP contribution in [-0.2, 0) is 18.1 Å². The largest absolute Gasteiger partial charge is 0.469 e. The molecule has 1 aromatic carbocycles. The van der Waals surface area contributed by atoms with Crippen LogP contribution in [0.2, 0.25) is 10.0 Å². The van der Waals surface area contributed by atoms with Gasteiger partial charge in [-0.1, -0.05) is 28.4 Å². The number of hydrogen-bond acceptors (Lipinski definition) is 4. The molecule has 0 atom stereocenters. The number of oxime groups is 1. The first-order valence-corrected chi connectivity index (χ1v) is 7.97. The highest BCUT2D eigenvalue weighted by atomic mass is 35.5. The molecule has 142 valence electrons. The number of halogens is 6. The molecule has 2 aromatic rings. The average Bonchev–Trinajstić information content (AvgIpc) is 2.83. The number of ether oxygens (including phenoxy) is 1. The summed E-state index contributed by atoms with van der Waals surface area (Å²) >= 11 is 11.9. The number of alkyl halides is 3. The van der Waals surface area contributed by atoms with Crippen LogP contribution in [0.25, 0.3) is 0 Å². The fourth-order valence-electron chi connectivity index (χ4n) is 1.98. The first-order valence-electron chi connectivity index (χ1n) is 7.21. The molecule has 0 unspecified atom stereocenters. The Bertz CT molecular complexity index is 822. The standard InChI is InChI=1S/C15H13Cl2F4N3O2/c1-3-26-23-11(9-5-4-8(16)6-10(9)17)7-25-14-12(18)13(15(19,20)21)22-24(14)2/h4-6H,3,7H2,1-2H3/b23-11+. The van der Waals surface area contributed by atoms with Crippen molar-refractivity contribution in [3.63, 3.8) is 0 Å². The highest BCUT2D eigenvalue weighted by Crippen LogP contribution is 2.34. The Kier molecular flexibility index (Phi) is 6.35. The van der Waals surface area contributed by atoms with Gasteiger partial charge in [0, 0.05) is 17.6 Å². The summed E-state index contributed by atoms with van der Waals surface area (Å²) in [6, 6.07) is 4.52. The topological polar surface area (TPSA) is 48.6 Å². The molecular weight excluding hydrogens is 401 g/mol. The SMILES string of the molecule is CCO/N=C(\COc1c(F)c(C(F)(F)F)nn1C)c1ccc(Cl)cc1Cl. The van der Waals surface area contributed by atoms with Gasteiger partial charge < -0.3 is 9.57 Å². The number of hydrogen-bond donors (Lipinski definition) is 0. The molecular formula is C15H13Cl2F4N3O2. The van der Waals surface area contributed by atoms with Crippen LogP contribution in [0.3, 0.4) is 0 Å². The number of aromatic nitrogens is 2. The summed E-state index contributed by atoms with van der Waals surface area (Å²) in [5.41, 5.74) is -1.14. The third kappa shape index (κ3) is 4.59. The molecule has 26 heavy (non-hydrogen) atoms. The maximum Gasteiger partial charge on any atom is 0.438 e. The molecule has 5 nitrogen and oxygen atoms in total. The predicted octanol–water partition coefficient (Wildman–Crippen LogP) is 4.70. The van der Waals surface area contributed by atoms with E-state index in [2.05, 4.69) is 10.3 Å². The van der Waals surface area contributed by atoms with Gasteiger partial charge in [0.15, 0.2) is 0 Å². The van der Waals surface area contributed by atoms with Crippen LogP contribution < -0.4 is 4.74 Å². The van der Waals surface area contributed by atoms with Gasteiger partial charge in [0.1, 0.15) is 18.9 Å². The summed E-state index contributed by atoms with van der Waals surface area (Å²) in [7, 11) is 1.13. The molecule has 0 aliphatic carbocycles. The molecule has 0 saturated heterocycles. The Morgan fingerprint density at radius 3 is 2.54 bits per heavy atom. The first-order chi connectivity index (χ1) is 12.1. The molecule has 11 heteroatoms. The lowest BCUT2D eigenvalue weighted by Gasteiger charge is -2.11. The minimum absolute atomic E-state index is 0.141. The van der Waals surface area contributed by atoms with Gasteiger partial charge in [0.25, 0.3) is 0 Å². The van der Waals surface area contributed by atoms with Crippen LogP contribution in [0.4, 0.5) is 17.6 Å². The minimum atomic E-state index is -4.94. The lowest BCUT2D eigenvalue weighted by Crippen LogP contribution is -2.16. The van der Waals surface area contributed by atoms with E-state index < -0.39 is 30.2 Å². The lowest BCUT2D eigenvalue weighted by atomic mass is 10.1. The Labute approximate surface area is 156 Å². The van der Waals surface area contributed by atoms with Crippen LogP contribution >= 0.6 is 23.2 Å². The summed E-state index contributed by atoms with van der Waals surface area (Å²) < 4.78 is 58.0. The fourth-order valence-corrected chi connectivity index (χ4v) is 2.49. The number of benzene rings is 1. The summed E-state index contributed by atoms with van der Waals surface area (Å²) in [5, 5.41) is 7.52. The van der Waals surface area contributed by atoms with Gasteiger partial charge >= 0.3 is 6.18 Å². The van der Waals surface area contributed by atoms with Crippen LogP contribution in [0.1, 0.15) is 18.2 Å². The average molecular weight is 414 g/mol. The van der Waals surface area contributed by atoms with Crippen molar-refractivity contribution >= 4 is 28.9 Å². The zero-order valence-electron chi connectivity index (χ0n) is 13.6. The van der Waals surface area contributed by atoms with Crippen molar-refractivity contribution in [3.8, 4) is 5.88 Å². The van der Waals surface area contributed by atoms with E-state index in [4.69, 9.17) is 32.8 Å². The number of rotatable bonds is 6. The predicted molar refractivity (Wildman–Crippen MR) is 88.3 cm³/mol. The Morgan fingerprint density at radius 1 is 1.31 bits per heavy atom. The van der Waals surface area contributed by atoms with E-state index in [0.717, 1.165) is 7.05 Å². The lowest BCUT2D eigenvalue weighted by molar-refractivity contribution is -0.143. The molecule has 1 aromatic heterocycles. The quantitative estimate of drug-likeness (QED) is 0.391. The second-order valence-corrected chi connectivity index (χ2v) is 5.80. The molecule has 0 N–H and O–H groups in total. The van der Waals surface area contributed by atoms with Crippen LogP contribution in [0.5, 0.6) is 5.88 Å². The Morgan fingerprint density at radius 2 is 2.00 bits per heavy atom. The minimum Gasteiger partial charge on any atom is -0.469 e. The highest BCUT2D eigenvalue weighted by molar-refractivity contribution is 6.37. The number of aryl methyl sites for hydroxylation is 1. The monoisotopic (exact) mass is 413 g/mol. The Balaban J connectivity index is 2.30. The van der Waals surface area contributed by atoms with Crippen LogP contribution in [-0.4, -0.2) is 28.7 Å². The van der Waals surface area contributed by atoms with Crippen molar-refractivity contribution < 1.29 is 27.1 Å². The molecule has 1 heterocycles. The van der Waals surface area contributed by atoms with E-state index in [1.54, 1.807) is 6.92 Å². The maximum absolute atomic E-state index is 14.0. The molecule has 0 aliphatic heterocycles. The van der Waals surface area contributed by atoms with Gasteiger partial charge in [-0.05, 0) is 25.1 Å². The van der Waals surface area contributed by atoms with E-state index in [9.17, 15) is 17.6 Å². The van der Waals surface area contributed by atoms with Gasteiger partial charge in [-0.25, -0.2) is 4.68 Å². The van der Waals surface area contributed by atoms with E-state index in [-0.39, 0.29) is 17.3 Å². The molecule has 0 saturated carbocycles. The van der Waals surface area contributed by atoms with Crippen molar-refractivity contribution in [3.05, 3.63) is 45.3 Å². The molecule has 0 fully saturated rings. The van der Waals surface area contributed by atoms with E-state index >= 15 is 0 Å². The van der Waals surface area contributed by atoms with E-state index in [1.165, 1.54) is 18.2 Å². The molecule has 2 rings (SSSR count). The van der Waals surface area contributed by atoms with Crippen LogP contribution in [0.15, 0.2) is 23.4 Å². The smallest absolute Gasteiger partial charge is 0.438 e. The van der Waals surface area contributed by atoms with E-state index in [0.29, 0.717) is 15.3 Å².